The summed E-state index contributed by atoms with van der Waals surface area (Å²) >= 11 is 0. The van der Waals surface area contributed by atoms with E-state index in [0.717, 1.165) is 0 Å². The van der Waals surface area contributed by atoms with E-state index in [1.165, 1.54) is 45.1 Å². The molecule has 5 nitrogen and oxygen atoms in total. The molecule has 0 N–H and O–H groups in total. The van der Waals surface area contributed by atoms with Crippen molar-refractivity contribution in [1.29, 1.82) is 0 Å². The zero-order chi connectivity index (χ0) is 14.4. The second-order valence-corrected chi connectivity index (χ2v) is 3.85. The Labute approximate surface area is 115 Å². The van der Waals surface area contributed by atoms with Gasteiger partial charge in [-0.3, -0.25) is 0 Å². The number of nitrogens with zero attached hydrogens (tertiary/aromatic N) is 1. The summed E-state index contributed by atoms with van der Waals surface area (Å²) in [7, 11) is 2.89. The molecule has 0 amide bonds. The van der Waals surface area contributed by atoms with Crippen molar-refractivity contribution in [2.75, 3.05) is 21.0 Å². The fraction of sp³-hybridized carbons (Fsp3) is 0.214. The minimum absolute atomic E-state index is 0.0529. The predicted octanol–water partition coefficient (Wildman–Crippen LogP) is 3.05. The normalized spacial score (nSPS) is 10.9. The van der Waals surface area contributed by atoms with Crippen molar-refractivity contribution in [1.82, 2.24) is 0 Å². The van der Waals surface area contributed by atoms with E-state index in [9.17, 15) is 4.39 Å². The molecule has 2 aromatic rings. The van der Waals surface area contributed by atoms with Gasteiger partial charge in [0.15, 0.2) is 6.79 Å². The highest BCUT2D eigenvalue weighted by molar-refractivity contribution is 5.83. The molecule has 0 aliphatic heterocycles. The molecule has 0 radical (unpaired) electrons. The average molecular weight is 279 g/mol. The van der Waals surface area contributed by atoms with Crippen molar-refractivity contribution in [3.05, 3.63) is 42.1 Å². The van der Waals surface area contributed by atoms with E-state index < -0.39 is 5.82 Å². The van der Waals surface area contributed by atoms with Crippen LogP contribution in [0.25, 0.3) is 11.1 Å². The van der Waals surface area contributed by atoms with Gasteiger partial charge in [-0.15, -0.1) is 0 Å². The third kappa shape index (κ3) is 3.16. The van der Waals surface area contributed by atoms with Crippen LogP contribution in [0.3, 0.4) is 0 Å². The Kier molecular flexibility index (Phi) is 4.73. The maximum atomic E-state index is 14.0. The monoisotopic (exact) mass is 279 g/mol. The molecule has 0 aliphatic carbocycles. The molecule has 0 saturated carbocycles. The number of halogens is 1. The number of benzene rings is 1. The van der Waals surface area contributed by atoms with E-state index in [1.807, 2.05) is 0 Å². The van der Waals surface area contributed by atoms with E-state index in [1.54, 1.807) is 6.07 Å². The minimum atomic E-state index is -0.438. The van der Waals surface area contributed by atoms with Gasteiger partial charge in [0, 0.05) is 23.8 Å². The molecule has 1 aromatic carbocycles. The topological polar surface area (TPSA) is 53.2 Å². The molecular formula is C14H14FNO4. The van der Waals surface area contributed by atoms with Crippen LogP contribution in [-0.4, -0.2) is 27.2 Å². The largest absolute Gasteiger partial charge is 0.472 e. The molecule has 0 fully saturated rings. The Hall–Kier alpha value is -2.34. The van der Waals surface area contributed by atoms with Crippen molar-refractivity contribution in [2.24, 2.45) is 5.16 Å². The van der Waals surface area contributed by atoms with Crippen molar-refractivity contribution in [3.8, 4) is 16.9 Å². The number of methoxy groups -OCH3 is 1. The molecule has 1 aromatic heterocycles. The summed E-state index contributed by atoms with van der Waals surface area (Å²) in [5, 5.41) is 3.55. The molecule has 20 heavy (non-hydrogen) atoms. The van der Waals surface area contributed by atoms with Gasteiger partial charge in [-0.1, -0.05) is 5.16 Å². The fourth-order valence-electron chi connectivity index (χ4n) is 1.66. The van der Waals surface area contributed by atoms with E-state index in [4.69, 9.17) is 13.9 Å². The Balaban J connectivity index is 2.44. The molecule has 0 aliphatic rings. The first-order valence-electron chi connectivity index (χ1n) is 5.80. The van der Waals surface area contributed by atoms with Gasteiger partial charge in [0.1, 0.15) is 18.7 Å². The van der Waals surface area contributed by atoms with Crippen LogP contribution in [-0.2, 0) is 9.57 Å². The highest BCUT2D eigenvalue weighted by atomic mass is 19.1. The third-order valence-corrected chi connectivity index (χ3v) is 2.56. The van der Waals surface area contributed by atoms with Crippen molar-refractivity contribution in [3.63, 3.8) is 0 Å². The molecule has 1 heterocycles. The molecule has 6 heteroatoms. The van der Waals surface area contributed by atoms with Gasteiger partial charge in [0.2, 0.25) is 0 Å². The number of oxime groups is 1. The standard InChI is InChI=1S/C14H14FNO4/c1-17-9-20-14-5-11(7-16-18-2)13(15)6-12(14)10-3-4-19-8-10/h3-8H,9H2,1-2H3/b16-7+. The molecule has 0 atom stereocenters. The van der Waals surface area contributed by atoms with Gasteiger partial charge in [-0.2, -0.15) is 0 Å². The van der Waals surface area contributed by atoms with Gasteiger partial charge in [0.25, 0.3) is 0 Å². The second kappa shape index (κ2) is 6.72. The number of furan rings is 1. The first-order valence-corrected chi connectivity index (χ1v) is 5.80. The molecule has 0 spiro atoms. The number of ether oxygens (including phenoxy) is 2. The van der Waals surface area contributed by atoms with Crippen LogP contribution in [0.1, 0.15) is 5.56 Å². The molecular weight excluding hydrogens is 265 g/mol. The zero-order valence-electron chi connectivity index (χ0n) is 11.1. The number of hydrogen-bond acceptors (Lipinski definition) is 5. The number of hydrogen-bond donors (Lipinski definition) is 0. The van der Waals surface area contributed by atoms with E-state index in [2.05, 4.69) is 9.99 Å². The smallest absolute Gasteiger partial charge is 0.188 e. The Bertz CT molecular complexity index is 581. The maximum absolute atomic E-state index is 14.0. The molecule has 0 bridgehead atoms. The summed E-state index contributed by atoms with van der Waals surface area (Å²) in [5.41, 5.74) is 1.54. The van der Waals surface area contributed by atoms with Gasteiger partial charge in [0.05, 0.1) is 18.7 Å². The molecule has 0 unspecified atom stereocenters. The highest BCUT2D eigenvalue weighted by Gasteiger charge is 2.13. The predicted molar refractivity (Wildman–Crippen MR) is 71.2 cm³/mol. The van der Waals surface area contributed by atoms with Crippen LogP contribution in [0.15, 0.2) is 40.3 Å². The van der Waals surface area contributed by atoms with E-state index >= 15 is 0 Å². The van der Waals surface area contributed by atoms with Gasteiger partial charge < -0.3 is 18.7 Å². The fourth-order valence-corrected chi connectivity index (χ4v) is 1.66. The van der Waals surface area contributed by atoms with Crippen LogP contribution < -0.4 is 4.74 Å². The summed E-state index contributed by atoms with van der Waals surface area (Å²) in [6.07, 6.45) is 4.29. The summed E-state index contributed by atoms with van der Waals surface area (Å²) in [6.45, 7) is 0.0529. The summed E-state index contributed by atoms with van der Waals surface area (Å²) < 4.78 is 29.3. The molecule has 106 valence electrons. The molecule has 0 saturated heterocycles. The first-order chi connectivity index (χ1) is 9.76. The summed E-state index contributed by atoms with van der Waals surface area (Å²) in [6, 6.07) is 4.60. The molecule has 2 rings (SSSR count). The second-order valence-electron chi connectivity index (χ2n) is 3.85. The lowest BCUT2D eigenvalue weighted by molar-refractivity contribution is 0.0515. The Morgan fingerprint density at radius 1 is 1.35 bits per heavy atom. The third-order valence-electron chi connectivity index (χ3n) is 2.56. The highest BCUT2D eigenvalue weighted by Crippen LogP contribution is 2.32. The maximum Gasteiger partial charge on any atom is 0.188 e. The summed E-state index contributed by atoms with van der Waals surface area (Å²) in [4.78, 5) is 4.55. The lowest BCUT2D eigenvalue weighted by Gasteiger charge is -2.11. The van der Waals surface area contributed by atoms with Crippen molar-refractivity contribution < 1.29 is 23.1 Å². The minimum Gasteiger partial charge on any atom is -0.472 e. The van der Waals surface area contributed by atoms with Gasteiger partial charge in [-0.05, 0) is 18.2 Å². The van der Waals surface area contributed by atoms with Gasteiger partial charge >= 0.3 is 0 Å². The lowest BCUT2D eigenvalue weighted by Crippen LogP contribution is -2.02. The van der Waals surface area contributed by atoms with Gasteiger partial charge in [-0.25, -0.2) is 4.39 Å². The lowest BCUT2D eigenvalue weighted by atomic mass is 10.0. The average Bonchev–Trinajstić information content (AvgIpc) is 2.98. The Morgan fingerprint density at radius 2 is 2.20 bits per heavy atom. The van der Waals surface area contributed by atoms with Crippen LogP contribution in [0.4, 0.5) is 4.39 Å². The van der Waals surface area contributed by atoms with E-state index in [-0.39, 0.29) is 12.4 Å². The number of rotatable bonds is 6. The first kappa shape index (κ1) is 14.1. The van der Waals surface area contributed by atoms with Crippen LogP contribution in [0.2, 0.25) is 0 Å². The summed E-state index contributed by atoms with van der Waals surface area (Å²) in [5.74, 6) is 0.0268. The quantitative estimate of drug-likeness (QED) is 0.463. The SMILES string of the molecule is COCOc1cc(/C=N/OC)c(F)cc1-c1ccoc1. The van der Waals surface area contributed by atoms with Crippen molar-refractivity contribution >= 4 is 6.21 Å². The van der Waals surface area contributed by atoms with Crippen LogP contribution in [0, 0.1) is 5.82 Å². The van der Waals surface area contributed by atoms with Crippen molar-refractivity contribution in [2.45, 2.75) is 0 Å². The van der Waals surface area contributed by atoms with E-state index in [0.29, 0.717) is 16.9 Å². The zero-order valence-corrected chi connectivity index (χ0v) is 11.1. The van der Waals surface area contributed by atoms with Crippen LogP contribution >= 0.6 is 0 Å². The van der Waals surface area contributed by atoms with Crippen LogP contribution in [0.5, 0.6) is 5.75 Å². The Morgan fingerprint density at radius 3 is 2.85 bits per heavy atom.